The Bertz CT molecular complexity index is 490. The highest BCUT2D eigenvalue weighted by Crippen LogP contribution is 2.43. The molecule has 11 nitrogen and oxygen atoms in total. The zero-order chi connectivity index (χ0) is 25.8. The van der Waals surface area contributed by atoms with E-state index in [9.17, 15) is 22.8 Å². The highest BCUT2D eigenvalue weighted by molar-refractivity contribution is 8.20. The highest BCUT2D eigenvalue weighted by Gasteiger charge is 2.37. The number of rotatable bonds is 14. The zero-order valence-corrected chi connectivity index (χ0v) is 19.5. The first-order chi connectivity index (χ1) is 14.7. The summed E-state index contributed by atoms with van der Waals surface area (Å²) >= 11 is 0. The first-order valence-corrected chi connectivity index (χ1v) is 11.4. The highest BCUT2D eigenvalue weighted by atomic mass is 32.3. The summed E-state index contributed by atoms with van der Waals surface area (Å²) < 4.78 is 54.6. The van der Waals surface area contributed by atoms with Crippen molar-refractivity contribution >= 4 is 22.8 Å². The topological polar surface area (TPSA) is 200 Å². The lowest BCUT2D eigenvalue weighted by Gasteiger charge is -2.24. The van der Waals surface area contributed by atoms with Gasteiger partial charge in [0.25, 0.3) is 0 Å². The summed E-state index contributed by atoms with van der Waals surface area (Å²) in [6.07, 6.45) is 0.237. The fraction of sp³-hybridized carbons (Fsp3) is 0.889. The van der Waals surface area contributed by atoms with E-state index in [0.29, 0.717) is 19.4 Å². The Morgan fingerprint density at radius 2 is 1.55 bits per heavy atom. The van der Waals surface area contributed by atoms with E-state index in [2.05, 4.69) is 14.8 Å². The Morgan fingerprint density at radius 1 is 1.03 bits per heavy atom. The summed E-state index contributed by atoms with van der Waals surface area (Å²) in [6, 6.07) is -1.10. The van der Waals surface area contributed by atoms with Gasteiger partial charge in [0.2, 0.25) is 0 Å². The number of carboxylic acid groups (broad SMARTS) is 2. The average molecular weight is 517 g/mol. The molecule has 0 saturated heterocycles. The van der Waals surface area contributed by atoms with Crippen LogP contribution < -0.4 is 22.1 Å². The van der Waals surface area contributed by atoms with Crippen molar-refractivity contribution in [1.82, 2.24) is 10.6 Å². The molecule has 0 aromatic heterocycles. The van der Waals surface area contributed by atoms with Crippen LogP contribution in [0.15, 0.2) is 0 Å². The van der Waals surface area contributed by atoms with E-state index in [1.54, 1.807) is 7.05 Å². The molecule has 204 valence electrons. The van der Waals surface area contributed by atoms with E-state index >= 15 is 0 Å². The van der Waals surface area contributed by atoms with Crippen molar-refractivity contribution in [3.8, 4) is 0 Å². The van der Waals surface area contributed by atoms with E-state index in [0.717, 1.165) is 39.3 Å². The number of nitrogens with two attached hydrogens (primary N) is 2. The number of aliphatic carboxylic acids is 2. The van der Waals surface area contributed by atoms with Gasteiger partial charge in [-0.25, -0.2) is 0 Å². The van der Waals surface area contributed by atoms with Gasteiger partial charge >= 0.3 is 18.1 Å². The first kappa shape index (κ1) is 39.0. The molecular weight excluding hydrogens is 473 g/mol. The van der Waals surface area contributed by atoms with Crippen LogP contribution in [0.5, 0.6) is 0 Å². The molecule has 0 spiro atoms. The third kappa shape index (κ3) is 30.8. The van der Waals surface area contributed by atoms with Gasteiger partial charge in [0.05, 0.1) is 18.0 Å². The number of hydrogen-bond acceptors (Lipinski definition) is 9. The monoisotopic (exact) mass is 516 g/mol. The summed E-state index contributed by atoms with van der Waals surface area (Å²) in [6.45, 7) is 1.56. The van der Waals surface area contributed by atoms with Crippen molar-refractivity contribution in [3.63, 3.8) is 0 Å². The fourth-order valence-corrected chi connectivity index (χ4v) is 2.49. The van der Waals surface area contributed by atoms with E-state index in [4.69, 9.17) is 30.8 Å². The number of halogens is 3. The number of unbranched alkanes of at least 4 members (excludes halogenated alkanes) is 2. The van der Waals surface area contributed by atoms with Crippen LogP contribution in [-0.4, -0.2) is 89.6 Å². The summed E-state index contributed by atoms with van der Waals surface area (Å²) in [5, 5.41) is 22.8. The largest absolute Gasteiger partial charge is 0.480 e. The number of likely N-dealkylation sites (N-methyl/N-ethyl adjacent to an activating group) is 1. The van der Waals surface area contributed by atoms with Crippen LogP contribution in [0.2, 0.25) is 0 Å². The minimum absolute atomic E-state index is 0. The van der Waals surface area contributed by atoms with Crippen LogP contribution in [0.1, 0.15) is 46.0 Å². The molecule has 0 aromatic carbocycles. The number of carbonyl (C=O) groups is 2. The predicted molar refractivity (Wildman–Crippen MR) is 124 cm³/mol. The molecule has 0 aliphatic carbocycles. The van der Waals surface area contributed by atoms with Crippen molar-refractivity contribution in [1.29, 1.82) is 0 Å². The Kier molecular flexibility index (Phi) is 26.7. The second-order valence-electron chi connectivity index (χ2n) is 6.54. The Labute approximate surface area is 196 Å². The molecule has 33 heavy (non-hydrogen) atoms. The number of hydrogen-bond donors (Lipinski definition) is 8. The van der Waals surface area contributed by atoms with Gasteiger partial charge in [-0.05, 0) is 52.9 Å². The van der Waals surface area contributed by atoms with Gasteiger partial charge in [0, 0.05) is 0 Å². The van der Waals surface area contributed by atoms with E-state index in [-0.39, 0.29) is 13.5 Å². The standard InChI is InChI=1S/C8H18N2O2.C6H14N2O2.C3H7F3O3S.CH4/c1-9-6-4-3-5-7(10-2)8(11)12;7-4-2-1-3-5(8)6(9)10;1-9-10(7,8)2-3(4,5)6;/h7,9-10H,3-6H2,1-2H3,(H,11,12);5H,1-4,7-8H2,(H,9,10);7-8H,2H2,1H3;1H4. The molecule has 10 N–H and O–H groups in total. The molecule has 0 radical (unpaired) electrons. The molecule has 2 atom stereocenters. The lowest BCUT2D eigenvalue weighted by molar-refractivity contribution is -0.140. The smallest absolute Gasteiger partial charge is 0.402 e. The van der Waals surface area contributed by atoms with Crippen molar-refractivity contribution in [2.24, 2.45) is 11.5 Å². The Morgan fingerprint density at radius 3 is 1.85 bits per heavy atom. The second kappa shape index (κ2) is 22.6. The molecule has 0 rings (SSSR count). The molecule has 0 fully saturated rings. The molecule has 15 heteroatoms. The van der Waals surface area contributed by atoms with E-state index in [1.807, 2.05) is 7.05 Å². The number of nitrogens with one attached hydrogen (secondary N) is 2. The van der Waals surface area contributed by atoms with E-state index < -0.39 is 40.8 Å². The molecule has 0 heterocycles. The molecule has 0 amide bonds. The van der Waals surface area contributed by atoms with Gasteiger partial charge in [-0.15, -0.1) is 0 Å². The molecular formula is C18H43F3N4O7S. The van der Waals surface area contributed by atoms with Crippen LogP contribution in [0.3, 0.4) is 0 Å². The van der Waals surface area contributed by atoms with Gasteiger partial charge in [-0.1, -0.05) is 20.3 Å². The molecule has 0 aromatic rings. The van der Waals surface area contributed by atoms with Gasteiger partial charge in [-0.3, -0.25) is 13.8 Å². The van der Waals surface area contributed by atoms with Crippen LogP contribution in [0, 0.1) is 0 Å². The predicted octanol–water partition coefficient (Wildman–Crippen LogP) is 2.07. The van der Waals surface area contributed by atoms with Crippen LogP contribution in [-0.2, 0) is 13.8 Å². The minimum atomic E-state index is -4.60. The lowest BCUT2D eigenvalue weighted by Crippen LogP contribution is -2.33. The molecule has 0 aliphatic rings. The minimum Gasteiger partial charge on any atom is -0.480 e. The summed E-state index contributed by atoms with van der Waals surface area (Å²) in [4.78, 5) is 20.7. The average Bonchev–Trinajstić information content (AvgIpc) is 2.67. The van der Waals surface area contributed by atoms with Crippen molar-refractivity contribution in [3.05, 3.63) is 0 Å². The first-order valence-electron chi connectivity index (χ1n) is 9.78. The second-order valence-corrected chi connectivity index (χ2v) is 8.38. The van der Waals surface area contributed by atoms with E-state index in [1.165, 1.54) is 0 Å². The van der Waals surface area contributed by atoms with Gasteiger partial charge in [0.1, 0.15) is 17.8 Å². The third-order valence-electron chi connectivity index (χ3n) is 3.72. The van der Waals surface area contributed by atoms with Crippen LogP contribution in [0.4, 0.5) is 13.2 Å². The fourth-order valence-electron chi connectivity index (χ4n) is 1.95. The van der Waals surface area contributed by atoms with Crippen molar-refractivity contribution < 1.29 is 46.3 Å². The SMILES string of the molecule is C.CNCCCCC(NC)C(=O)O.COS(O)(O)CC(F)(F)F.NCCCCC(N)C(=O)O. The van der Waals surface area contributed by atoms with Crippen LogP contribution in [0.25, 0.3) is 0 Å². The lowest BCUT2D eigenvalue weighted by atomic mass is 10.1. The normalized spacial score (nSPS) is 13.3. The maximum atomic E-state index is 11.4. The Hall–Kier alpha value is -1.20. The van der Waals surface area contributed by atoms with Crippen LogP contribution >= 0.6 is 10.9 Å². The molecule has 0 aliphatic heterocycles. The number of alkyl halides is 3. The maximum absolute atomic E-state index is 11.4. The summed E-state index contributed by atoms with van der Waals surface area (Å²) in [7, 11) is 0.477. The van der Waals surface area contributed by atoms with Gasteiger partial charge in [0.15, 0.2) is 0 Å². The zero-order valence-electron chi connectivity index (χ0n) is 18.7. The van der Waals surface area contributed by atoms with Crippen molar-refractivity contribution in [2.75, 3.05) is 40.0 Å². The molecule has 2 unspecified atom stereocenters. The molecule has 0 saturated carbocycles. The van der Waals surface area contributed by atoms with Gasteiger partial charge in [-0.2, -0.15) is 13.2 Å². The summed E-state index contributed by atoms with van der Waals surface area (Å²) in [5.41, 5.74) is 10.4. The van der Waals surface area contributed by atoms with Gasteiger partial charge < -0.3 is 41.4 Å². The number of carboxylic acids is 2. The third-order valence-corrected chi connectivity index (χ3v) is 4.96. The molecule has 0 bridgehead atoms. The quantitative estimate of drug-likeness (QED) is 0.157. The maximum Gasteiger partial charge on any atom is 0.402 e. The summed E-state index contributed by atoms with van der Waals surface area (Å²) in [5.74, 6) is -3.41. The Balaban J connectivity index is -0.000000189. The van der Waals surface area contributed by atoms with Crippen molar-refractivity contribution in [2.45, 2.75) is 64.2 Å².